The molecule has 0 unspecified atom stereocenters. The van der Waals surface area contributed by atoms with Crippen LogP contribution in [0.1, 0.15) is 53.9 Å². The summed E-state index contributed by atoms with van der Waals surface area (Å²) in [5.41, 5.74) is 15.0. The Hall–Kier alpha value is -5.11. The summed E-state index contributed by atoms with van der Waals surface area (Å²) >= 11 is 0. The molecule has 6 aromatic rings. The quantitative estimate of drug-likeness (QED) is 0.216. The minimum Gasteiger partial charge on any atom is -0.397 e. The van der Waals surface area contributed by atoms with Crippen molar-refractivity contribution >= 4 is 56.0 Å². The molecular weight excluding hydrogens is 548 g/mol. The fraction of sp³-hybridized carbons (Fsp3) is 0.250. The molecular formula is C36H38N6O2. The maximum atomic E-state index is 11.6. The highest BCUT2D eigenvalue weighted by Gasteiger charge is 2.34. The van der Waals surface area contributed by atoms with Crippen LogP contribution in [0.3, 0.4) is 0 Å². The highest BCUT2D eigenvalue weighted by atomic mass is 16.2. The second-order valence-corrected chi connectivity index (χ2v) is 11.1. The van der Waals surface area contributed by atoms with Crippen LogP contribution < -0.4 is 10.6 Å². The number of aromatic nitrogens is 4. The number of amides is 1. The number of nitrogens with zero attached hydrogens (tertiary/aromatic N) is 5. The SMILES string of the molecule is CCCN1C(=O)C(=O)c2cc(C)ccc21.CCCn1c2ccc(C)cc2c2cc3ncccc3nc21.Cc1ncccc1N. The maximum Gasteiger partial charge on any atom is 0.299 e. The largest absolute Gasteiger partial charge is 0.397 e. The van der Waals surface area contributed by atoms with E-state index in [0.717, 1.165) is 58.7 Å². The minimum atomic E-state index is -0.391. The van der Waals surface area contributed by atoms with Gasteiger partial charge in [-0.05, 0) is 88.2 Å². The molecule has 1 amide bonds. The molecule has 0 saturated carbocycles. The van der Waals surface area contributed by atoms with Gasteiger partial charge in [0.2, 0.25) is 0 Å². The summed E-state index contributed by atoms with van der Waals surface area (Å²) in [6, 6.07) is 22.0. The Labute approximate surface area is 257 Å². The fourth-order valence-electron chi connectivity index (χ4n) is 5.42. The number of nitrogens with two attached hydrogens (primary N) is 1. The molecule has 5 heterocycles. The van der Waals surface area contributed by atoms with Crippen LogP contribution in [-0.2, 0) is 11.3 Å². The summed E-state index contributed by atoms with van der Waals surface area (Å²) in [6.07, 6.45) is 5.50. The lowest BCUT2D eigenvalue weighted by molar-refractivity contribution is -0.114. The molecule has 0 saturated heterocycles. The summed E-state index contributed by atoms with van der Waals surface area (Å²) in [5, 5.41) is 2.48. The smallest absolute Gasteiger partial charge is 0.299 e. The van der Waals surface area contributed by atoms with Crippen molar-refractivity contribution in [3.63, 3.8) is 0 Å². The Morgan fingerprint density at radius 2 is 1.45 bits per heavy atom. The average Bonchev–Trinajstić information content (AvgIpc) is 3.44. The molecule has 0 atom stereocenters. The van der Waals surface area contributed by atoms with Gasteiger partial charge in [-0.15, -0.1) is 0 Å². The Balaban J connectivity index is 0.000000145. The number of hydrogen-bond donors (Lipinski definition) is 1. The fourth-order valence-corrected chi connectivity index (χ4v) is 5.42. The molecule has 0 radical (unpaired) electrons. The van der Waals surface area contributed by atoms with Crippen molar-refractivity contribution in [2.75, 3.05) is 17.2 Å². The zero-order valence-electron chi connectivity index (χ0n) is 26.0. The van der Waals surface area contributed by atoms with E-state index in [-0.39, 0.29) is 5.78 Å². The Kier molecular flexibility index (Phi) is 8.99. The second kappa shape index (κ2) is 13.0. The molecule has 0 aliphatic carbocycles. The number of benzene rings is 2. The first-order valence-corrected chi connectivity index (χ1v) is 15.0. The van der Waals surface area contributed by atoms with E-state index in [1.165, 1.54) is 21.9 Å². The van der Waals surface area contributed by atoms with E-state index in [0.29, 0.717) is 12.1 Å². The Bertz CT molecular complexity index is 1970. The van der Waals surface area contributed by atoms with Crippen molar-refractivity contribution in [3.05, 3.63) is 102 Å². The molecule has 1 aliphatic rings. The van der Waals surface area contributed by atoms with Crippen molar-refractivity contribution in [1.29, 1.82) is 0 Å². The maximum absolute atomic E-state index is 11.6. The van der Waals surface area contributed by atoms with E-state index >= 15 is 0 Å². The van der Waals surface area contributed by atoms with Gasteiger partial charge in [0.15, 0.2) is 0 Å². The van der Waals surface area contributed by atoms with Gasteiger partial charge in [-0.3, -0.25) is 19.6 Å². The van der Waals surface area contributed by atoms with E-state index in [2.05, 4.69) is 52.6 Å². The number of Topliss-reactive ketones (excluding diaryl/α,β-unsaturated/α-hetero) is 1. The number of nitrogen functional groups attached to an aromatic ring is 1. The van der Waals surface area contributed by atoms with Crippen molar-refractivity contribution in [2.24, 2.45) is 0 Å². The van der Waals surface area contributed by atoms with E-state index in [1.54, 1.807) is 17.2 Å². The molecule has 8 nitrogen and oxygen atoms in total. The molecule has 224 valence electrons. The van der Waals surface area contributed by atoms with Crippen LogP contribution in [0.4, 0.5) is 11.4 Å². The highest BCUT2D eigenvalue weighted by molar-refractivity contribution is 6.52. The van der Waals surface area contributed by atoms with Crippen LogP contribution in [0.15, 0.2) is 79.1 Å². The topological polar surface area (TPSA) is 107 Å². The highest BCUT2D eigenvalue weighted by Crippen LogP contribution is 2.31. The number of fused-ring (bicyclic) bond motifs is 5. The number of anilines is 2. The van der Waals surface area contributed by atoms with Crippen LogP contribution in [0.2, 0.25) is 0 Å². The van der Waals surface area contributed by atoms with Crippen LogP contribution in [0.5, 0.6) is 0 Å². The number of rotatable bonds is 4. The molecule has 2 aromatic carbocycles. The Morgan fingerprint density at radius 1 is 0.750 bits per heavy atom. The number of hydrogen-bond acceptors (Lipinski definition) is 6. The number of pyridine rings is 3. The van der Waals surface area contributed by atoms with Gasteiger partial charge in [0.05, 0.1) is 39.2 Å². The van der Waals surface area contributed by atoms with Gasteiger partial charge in [-0.25, -0.2) is 4.98 Å². The molecule has 7 rings (SSSR count). The van der Waals surface area contributed by atoms with Crippen molar-refractivity contribution in [1.82, 2.24) is 19.5 Å². The van der Waals surface area contributed by atoms with Crippen molar-refractivity contribution < 1.29 is 9.59 Å². The van der Waals surface area contributed by atoms with Gasteiger partial charge in [0, 0.05) is 36.3 Å². The molecule has 1 aliphatic heterocycles. The number of aryl methyl sites for hydroxylation is 4. The first kappa shape index (κ1) is 30.4. The van der Waals surface area contributed by atoms with E-state index in [9.17, 15) is 9.59 Å². The van der Waals surface area contributed by atoms with Crippen molar-refractivity contribution in [3.8, 4) is 0 Å². The van der Waals surface area contributed by atoms with Crippen molar-refractivity contribution in [2.45, 2.75) is 54.0 Å². The van der Waals surface area contributed by atoms with Gasteiger partial charge >= 0.3 is 0 Å². The third kappa shape index (κ3) is 6.01. The lowest BCUT2D eigenvalue weighted by atomic mass is 10.1. The predicted molar refractivity (Wildman–Crippen MR) is 179 cm³/mol. The zero-order valence-corrected chi connectivity index (χ0v) is 26.0. The average molecular weight is 587 g/mol. The van der Waals surface area contributed by atoms with Gasteiger partial charge in [0.25, 0.3) is 11.7 Å². The number of carbonyl (C=O) groups excluding carboxylic acids is 2. The van der Waals surface area contributed by atoms with E-state index in [4.69, 9.17) is 10.7 Å². The lowest BCUT2D eigenvalue weighted by Crippen LogP contribution is -2.30. The summed E-state index contributed by atoms with van der Waals surface area (Å²) in [7, 11) is 0. The van der Waals surface area contributed by atoms with Gasteiger partial charge < -0.3 is 15.2 Å². The summed E-state index contributed by atoms with van der Waals surface area (Å²) in [5.74, 6) is -0.764. The third-order valence-corrected chi connectivity index (χ3v) is 7.62. The molecule has 0 spiro atoms. The molecule has 2 N–H and O–H groups in total. The number of carbonyl (C=O) groups is 2. The van der Waals surface area contributed by atoms with Crippen LogP contribution >= 0.6 is 0 Å². The molecule has 44 heavy (non-hydrogen) atoms. The molecule has 0 bridgehead atoms. The molecule has 4 aromatic heterocycles. The van der Waals surface area contributed by atoms with E-state index in [1.807, 2.05) is 63.4 Å². The van der Waals surface area contributed by atoms with Crippen LogP contribution in [0, 0.1) is 20.8 Å². The van der Waals surface area contributed by atoms with Crippen LogP contribution in [0.25, 0.3) is 33.0 Å². The third-order valence-electron chi connectivity index (χ3n) is 7.62. The summed E-state index contributed by atoms with van der Waals surface area (Å²) in [4.78, 5) is 38.1. The summed E-state index contributed by atoms with van der Waals surface area (Å²) in [6.45, 7) is 11.7. The van der Waals surface area contributed by atoms with Crippen LogP contribution in [-0.4, -0.2) is 37.8 Å². The molecule has 0 fully saturated rings. The normalized spacial score (nSPS) is 12.2. The standard InChI is InChI=1S/C18H17N3.C12H13NO2.C6H8N2/c1-3-9-21-17-7-6-12(2)10-13(17)14-11-16-15(20-18(14)21)5-4-8-19-16;1-3-6-13-10-5-4-8(2)7-9(10)11(14)12(13)15;1-5-6(7)3-2-4-8-5/h4-8,10-11H,3,9H2,1-2H3;4-5,7H,3,6H2,1-2H3;2-4H,7H2,1H3. The minimum absolute atomic E-state index is 0.373. The lowest BCUT2D eigenvalue weighted by Gasteiger charge is -2.14. The second-order valence-electron chi connectivity index (χ2n) is 11.1. The van der Waals surface area contributed by atoms with Gasteiger partial charge in [-0.2, -0.15) is 0 Å². The van der Waals surface area contributed by atoms with Gasteiger partial charge in [-0.1, -0.05) is 37.1 Å². The van der Waals surface area contributed by atoms with Gasteiger partial charge in [0.1, 0.15) is 5.65 Å². The van der Waals surface area contributed by atoms with E-state index < -0.39 is 5.91 Å². The Morgan fingerprint density at radius 3 is 2.16 bits per heavy atom. The molecule has 8 heteroatoms. The first-order valence-electron chi connectivity index (χ1n) is 15.0. The summed E-state index contributed by atoms with van der Waals surface area (Å²) < 4.78 is 2.33. The number of ketones is 1. The first-order chi connectivity index (χ1) is 21.2. The predicted octanol–water partition coefficient (Wildman–Crippen LogP) is 7.36. The monoisotopic (exact) mass is 586 g/mol. The zero-order chi connectivity index (χ0) is 31.4.